The second-order valence-corrected chi connectivity index (χ2v) is 7.10. The lowest BCUT2D eigenvalue weighted by Crippen LogP contribution is -2.26. The minimum absolute atomic E-state index is 0.000293. The maximum Gasteiger partial charge on any atom is 0.232 e. The summed E-state index contributed by atoms with van der Waals surface area (Å²) < 4.78 is 0. The van der Waals surface area contributed by atoms with Gasteiger partial charge in [0.05, 0.1) is 5.92 Å². The maximum absolute atomic E-state index is 12.9. The van der Waals surface area contributed by atoms with Gasteiger partial charge in [-0.05, 0) is 48.6 Å². The van der Waals surface area contributed by atoms with Crippen LogP contribution in [0.2, 0.25) is 0 Å². The van der Waals surface area contributed by atoms with Crippen LogP contribution in [-0.4, -0.2) is 11.8 Å². The Kier molecular flexibility index (Phi) is 5.71. The number of nitrogens with one attached hydrogen (secondary N) is 2. The van der Waals surface area contributed by atoms with Crippen molar-refractivity contribution in [1.82, 2.24) is 0 Å². The molecule has 1 saturated carbocycles. The van der Waals surface area contributed by atoms with Gasteiger partial charge < -0.3 is 10.6 Å². The van der Waals surface area contributed by atoms with Crippen molar-refractivity contribution in [3.63, 3.8) is 0 Å². The highest BCUT2D eigenvalue weighted by molar-refractivity contribution is 5.97. The van der Waals surface area contributed by atoms with Gasteiger partial charge in [-0.2, -0.15) is 0 Å². The summed E-state index contributed by atoms with van der Waals surface area (Å²) in [5.41, 5.74) is 2.54. The zero-order valence-electron chi connectivity index (χ0n) is 15.4. The molecule has 0 radical (unpaired) electrons. The first-order valence-corrected chi connectivity index (χ1v) is 9.35. The van der Waals surface area contributed by atoms with E-state index in [2.05, 4.69) is 24.5 Å². The molecule has 0 bridgehead atoms. The minimum atomic E-state index is -0.185. The SMILES string of the molecule is CC[C@H](C)[C@@H](C(=O)Nc1ccc(NC(=O)C2CC2)cc1)c1ccccc1. The van der Waals surface area contributed by atoms with Crippen LogP contribution >= 0.6 is 0 Å². The average molecular weight is 350 g/mol. The molecule has 1 aliphatic rings. The second-order valence-electron chi connectivity index (χ2n) is 7.10. The third kappa shape index (κ3) is 4.51. The van der Waals surface area contributed by atoms with Crippen molar-refractivity contribution < 1.29 is 9.59 Å². The van der Waals surface area contributed by atoms with Crippen LogP contribution in [-0.2, 0) is 9.59 Å². The summed E-state index contributed by atoms with van der Waals surface area (Å²) in [6, 6.07) is 17.2. The number of rotatable bonds is 7. The van der Waals surface area contributed by atoms with Crippen LogP contribution in [0.1, 0.15) is 44.6 Å². The van der Waals surface area contributed by atoms with E-state index in [1.165, 1.54) is 0 Å². The second kappa shape index (κ2) is 8.17. The zero-order valence-corrected chi connectivity index (χ0v) is 15.4. The first-order valence-electron chi connectivity index (χ1n) is 9.35. The van der Waals surface area contributed by atoms with Crippen molar-refractivity contribution >= 4 is 23.2 Å². The lowest BCUT2D eigenvalue weighted by molar-refractivity contribution is -0.119. The molecule has 2 atom stereocenters. The average Bonchev–Trinajstić information content (AvgIpc) is 3.49. The number of carbonyl (C=O) groups excluding carboxylic acids is 2. The van der Waals surface area contributed by atoms with E-state index in [9.17, 15) is 9.59 Å². The molecule has 3 rings (SSSR count). The summed E-state index contributed by atoms with van der Waals surface area (Å²) in [5.74, 6) is 0.324. The Hall–Kier alpha value is -2.62. The topological polar surface area (TPSA) is 58.2 Å². The summed E-state index contributed by atoms with van der Waals surface area (Å²) in [5, 5.41) is 5.93. The van der Waals surface area contributed by atoms with Crippen molar-refractivity contribution in [3.05, 3.63) is 60.2 Å². The van der Waals surface area contributed by atoms with Gasteiger partial charge in [-0.25, -0.2) is 0 Å². The molecule has 26 heavy (non-hydrogen) atoms. The molecule has 4 nitrogen and oxygen atoms in total. The first kappa shape index (κ1) is 18.2. The van der Waals surface area contributed by atoms with Crippen molar-refractivity contribution in [2.75, 3.05) is 10.6 Å². The van der Waals surface area contributed by atoms with Crippen molar-refractivity contribution in [1.29, 1.82) is 0 Å². The van der Waals surface area contributed by atoms with Gasteiger partial charge in [-0.3, -0.25) is 9.59 Å². The predicted molar refractivity (Wildman–Crippen MR) is 105 cm³/mol. The highest BCUT2D eigenvalue weighted by Crippen LogP contribution is 2.31. The molecule has 0 spiro atoms. The minimum Gasteiger partial charge on any atom is -0.326 e. The third-order valence-corrected chi connectivity index (χ3v) is 5.02. The highest BCUT2D eigenvalue weighted by Gasteiger charge is 2.29. The van der Waals surface area contributed by atoms with Crippen LogP contribution < -0.4 is 10.6 Å². The van der Waals surface area contributed by atoms with Gasteiger partial charge in [0, 0.05) is 17.3 Å². The van der Waals surface area contributed by atoms with Gasteiger partial charge in [0.2, 0.25) is 11.8 Å². The van der Waals surface area contributed by atoms with Gasteiger partial charge in [0.1, 0.15) is 0 Å². The van der Waals surface area contributed by atoms with E-state index in [4.69, 9.17) is 0 Å². The standard InChI is InChI=1S/C22H26N2O2/c1-3-15(2)20(16-7-5-4-6-8-16)22(26)24-19-13-11-18(12-14-19)23-21(25)17-9-10-17/h4-8,11-15,17,20H,3,9-10H2,1-2H3,(H,23,25)(H,24,26)/t15-,20+/m0/s1. The normalized spacial score (nSPS) is 15.8. The van der Waals surface area contributed by atoms with Crippen LogP contribution in [0.3, 0.4) is 0 Å². The molecule has 2 aromatic carbocycles. The van der Waals surface area contributed by atoms with Gasteiger partial charge in [0.15, 0.2) is 0 Å². The largest absolute Gasteiger partial charge is 0.326 e. The third-order valence-electron chi connectivity index (χ3n) is 5.02. The fraction of sp³-hybridized carbons (Fsp3) is 0.364. The molecule has 1 fully saturated rings. The fourth-order valence-electron chi connectivity index (χ4n) is 3.08. The van der Waals surface area contributed by atoms with E-state index < -0.39 is 0 Å². The van der Waals surface area contributed by atoms with Crippen LogP contribution in [0, 0.1) is 11.8 Å². The Balaban J connectivity index is 1.67. The molecule has 136 valence electrons. The summed E-state index contributed by atoms with van der Waals surface area (Å²) in [7, 11) is 0. The van der Waals surface area contributed by atoms with Crippen molar-refractivity contribution in [3.8, 4) is 0 Å². The van der Waals surface area contributed by atoms with Gasteiger partial charge in [-0.1, -0.05) is 50.6 Å². The number of anilines is 2. The first-order chi connectivity index (χ1) is 12.6. The molecule has 0 aromatic heterocycles. The van der Waals surface area contributed by atoms with Crippen LogP contribution in [0.4, 0.5) is 11.4 Å². The Morgan fingerprint density at radius 1 is 0.962 bits per heavy atom. The lowest BCUT2D eigenvalue weighted by Gasteiger charge is -2.23. The molecule has 1 aliphatic carbocycles. The number of hydrogen-bond donors (Lipinski definition) is 2. The molecule has 2 N–H and O–H groups in total. The zero-order chi connectivity index (χ0) is 18.5. The van der Waals surface area contributed by atoms with E-state index in [1.807, 2.05) is 54.6 Å². The molecular formula is C22H26N2O2. The molecule has 0 saturated heterocycles. The molecular weight excluding hydrogens is 324 g/mol. The Labute approximate surface area is 155 Å². The van der Waals surface area contributed by atoms with Crippen LogP contribution in [0.25, 0.3) is 0 Å². The Morgan fingerprint density at radius 2 is 1.54 bits per heavy atom. The number of hydrogen-bond acceptors (Lipinski definition) is 2. The predicted octanol–water partition coefficient (Wildman–Crippen LogP) is 4.80. The van der Waals surface area contributed by atoms with Gasteiger partial charge >= 0.3 is 0 Å². The van der Waals surface area contributed by atoms with E-state index in [0.29, 0.717) is 0 Å². The summed E-state index contributed by atoms with van der Waals surface area (Å²) in [4.78, 5) is 24.7. The molecule has 2 aromatic rings. The number of carbonyl (C=O) groups is 2. The Morgan fingerprint density at radius 3 is 2.08 bits per heavy atom. The fourth-order valence-corrected chi connectivity index (χ4v) is 3.08. The van der Waals surface area contributed by atoms with Crippen molar-refractivity contribution in [2.45, 2.75) is 39.0 Å². The molecule has 2 amide bonds. The summed E-state index contributed by atoms with van der Waals surface area (Å²) in [6.45, 7) is 4.21. The maximum atomic E-state index is 12.9. The quantitative estimate of drug-likeness (QED) is 0.753. The Bertz CT molecular complexity index is 751. The van der Waals surface area contributed by atoms with E-state index >= 15 is 0 Å². The summed E-state index contributed by atoms with van der Waals surface area (Å²) in [6.07, 6.45) is 2.89. The van der Waals surface area contributed by atoms with Crippen LogP contribution in [0.5, 0.6) is 0 Å². The highest BCUT2D eigenvalue weighted by atomic mass is 16.2. The monoisotopic (exact) mass is 350 g/mol. The molecule has 0 unspecified atom stereocenters. The van der Waals surface area contributed by atoms with E-state index in [-0.39, 0.29) is 29.6 Å². The lowest BCUT2D eigenvalue weighted by atomic mass is 9.85. The van der Waals surface area contributed by atoms with Crippen LogP contribution in [0.15, 0.2) is 54.6 Å². The molecule has 0 heterocycles. The molecule has 0 aliphatic heterocycles. The number of benzene rings is 2. The van der Waals surface area contributed by atoms with Gasteiger partial charge in [0.25, 0.3) is 0 Å². The van der Waals surface area contributed by atoms with Gasteiger partial charge in [-0.15, -0.1) is 0 Å². The molecule has 4 heteroatoms. The smallest absolute Gasteiger partial charge is 0.232 e. The van der Waals surface area contributed by atoms with E-state index in [1.54, 1.807) is 0 Å². The van der Waals surface area contributed by atoms with Crippen molar-refractivity contribution in [2.24, 2.45) is 11.8 Å². The number of amides is 2. The summed E-state index contributed by atoms with van der Waals surface area (Å²) >= 11 is 0. The van der Waals surface area contributed by atoms with E-state index in [0.717, 1.165) is 36.2 Å².